The first kappa shape index (κ1) is 14.2. The van der Waals surface area contributed by atoms with Crippen LogP contribution in [0.25, 0.3) is 0 Å². The van der Waals surface area contributed by atoms with E-state index in [0.29, 0.717) is 5.76 Å². The third kappa shape index (κ3) is 3.00. The molecule has 2 atom stereocenters. The summed E-state index contributed by atoms with van der Waals surface area (Å²) < 4.78 is 31.7. The van der Waals surface area contributed by atoms with E-state index in [9.17, 15) is 14.0 Å². The molecule has 0 saturated heterocycles. The molecule has 104 valence electrons. The van der Waals surface area contributed by atoms with Crippen molar-refractivity contribution in [1.82, 2.24) is 4.98 Å². The van der Waals surface area contributed by atoms with Gasteiger partial charge in [0.15, 0.2) is 6.39 Å². The Morgan fingerprint density at radius 1 is 1.30 bits per heavy atom. The van der Waals surface area contributed by atoms with Crippen LogP contribution in [0.4, 0.5) is 8.78 Å². The van der Waals surface area contributed by atoms with Gasteiger partial charge in [-0.3, -0.25) is 0 Å². The molecule has 2 rings (SSSR count). The first-order valence-corrected chi connectivity index (χ1v) is 6.00. The number of nitriles is 1. The number of nitrogens with zero attached hydrogens (tertiary/aromatic N) is 2. The van der Waals surface area contributed by atoms with Crippen LogP contribution in [0.1, 0.15) is 29.6 Å². The molecular formula is C14H12F2N2O2. The molecular weight excluding hydrogens is 266 g/mol. The topological polar surface area (TPSA) is 70.0 Å². The maximum absolute atomic E-state index is 13.3. The molecule has 0 unspecified atom stereocenters. The summed E-state index contributed by atoms with van der Waals surface area (Å²) in [5.41, 5.74) is 0.208. The second kappa shape index (κ2) is 6.26. The largest absolute Gasteiger partial charge is 0.448 e. The first-order chi connectivity index (χ1) is 9.65. The van der Waals surface area contributed by atoms with E-state index in [0.717, 1.165) is 18.2 Å². The van der Waals surface area contributed by atoms with Crippen molar-refractivity contribution < 1.29 is 18.3 Å². The predicted molar refractivity (Wildman–Crippen MR) is 65.7 cm³/mol. The van der Waals surface area contributed by atoms with Gasteiger partial charge in [0, 0.05) is 18.6 Å². The maximum Gasteiger partial charge on any atom is 0.180 e. The average molecular weight is 278 g/mol. The summed E-state index contributed by atoms with van der Waals surface area (Å²) in [7, 11) is 0. The fraction of sp³-hybridized carbons (Fsp3) is 0.286. The highest BCUT2D eigenvalue weighted by atomic mass is 19.1. The van der Waals surface area contributed by atoms with E-state index in [1.165, 1.54) is 12.6 Å². The van der Waals surface area contributed by atoms with E-state index in [2.05, 4.69) is 4.98 Å². The van der Waals surface area contributed by atoms with Crippen molar-refractivity contribution in [3.63, 3.8) is 0 Å². The Morgan fingerprint density at radius 3 is 2.50 bits per heavy atom. The van der Waals surface area contributed by atoms with E-state index in [1.54, 1.807) is 0 Å². The number of oxazole rings is 1. The number of rotatable bonds is 5. The Bertz CT molecular complexity index is 588. The summed E-state index contributed by atoms with van der Waals surface area (Å²) in [6.45, 7) is -0.179. The summed E-state index contributed by atoms with van der Waals surface area (Å²) in [5.74, 6) is -2.45. The van der Waals surface area contributed by atoms with E-state index < -0.39 is 23.5 Å². The van der Waals surface area contributed by atoms with Crippen molar-refractivity contribution >= 4 is 0 Å². The molecule has 1 aromatic heterocycles. The minimum atomic E-state index is -0.833. The highest BCUT2D eigenvalue weighted by molar-refractivity contribution is 5.30. The smallest absolute Gasteiger partial charge is 0.180 e. The molecule has 0 saturated carbocycles. The molecule has 20 heavy (non-hydrogen) atoms. The van der Waals surface area contributed by atoms with Crippen molar-refractivity contribution in [1.29, 1.82) is 5.26 Å². The van der Waals surface area contributed by atoms with Crippen LogP contribution in [0.5, 0.6) is 0 Å². The van der Waals surface area contributed by atoms with Gasteiger partial charge in [0.25, 0.3) is 0 Å². The minimum absolute atomic E-state index is 0.179. The second-order valence-corrected chi connectivity index (χ2v) is 4.33. The molecule has 1 N–H and O–H groups in total. The molecule has 0 bridgehead atoms. The van der Waals surface area contributed by atoms with Crippen LogP contribution < -0.4 is 0 Å². The lowest BCUT2D eigenvalue weighted by Gasteiger charge is -2.19. The lowest BCUT2D eigenvalue weighted by Crippen LogP contribution is -2.12. The van der Waals surface area contributed by atoms with Crippen molar-refractivity contribution in [3.8, 4) is 6.07 Å². The molecule has 0 amide bonds. The van der Waals surface area contributed by atoms with Gasteiger partial charge < -0.3 is 9.52 Å². The zero-order valence-corrected chi connectivity index (χ0v) is 10.5. The van der Waals surface area contributed by atoms with Crippen molar-refractivity contribution in [2.24, 2.45) is 0 Å². The van der Waals surface area contributed by atoms with E-state index in [-0.39, 0.29) is 18.6 Å². The van der Waals surface area contributed by atoms with E-state index in [4.69, 9.17) is 9.52 Å². The third-order valence-corrected chi connectivity index (χ3v) is 3.04. The van der Waals surface area contributed by atoms with Gasteiger partial charge in [-0.1, -0.05) is 0 Å². The lowest BCUT2D eigenvalue weighted by atomic mass is 9.83. The number of aromatic nitrogens is 1. The average Bonchev–Trinajstić information content (AvgIpc) is 2.91. The number of hydrogen-bond acceptors (Lipinski definition) is 4. The summed E-state index contributed by atoms with van der Waals surface area (Å²) in [6.07, 6.45) is 2.87. The Morgan fingerprint density at radius 2 is 2.00 bits per heavy atom. The standard InChI is InChI=1S/C14H12F2N2O2/c15-10-3-9(4-11(16)5-10)13(6-17)12(1-2-19)14-7-18-8-20-14/h3-5,7-8,12-13,19H,1-2H2/t12-,13-/m1/s1. The molecule has 1 aromatic carbocycles. The fourth-order valence-corrected chi connectivity index (χ4v) is 2.17. The monoisotopic (exact) mass is 278 g/mol. The molecule has 0 aliphatic carbocycles. The van der Waals surface area contributed by atoms with E-state index >= 15 is 0 Å². The number of aliphatic hydroxyl groups excluding tert-OH is 1. The maximum atomic E-state index is 13.3. The summed E-state index contributed by atoms with van der Waals surface area (Å²) >= 11 is 0. The summed E-state index contributed by atoms with van der Waals surface area (Å²) in [4.78, 5) is 3.76. The fourth-order valence-electron chi connectivity index (χ4n) is 2.17. The van der Waals surface area contributed by atoms with Crippen LogP contribution in [-0.2, 0) is 0 Å². The number of benzene rings is 1. The minimum Gasteiger partial charge on any atom is -0.448 e. The SMILES string of the molecule is N#C[C@H](c1cc(F)cc(F)c1)[C@@H](CCO)c1cnco1. The van der Waals surface area contributed by atoms with Gasteiger partial charge in [0.1, 0.15) is 17.4 Å². The lowest BCUT2D eigenvalue weighted by molar-refractivity contribution is 0.262. The summed E-state index contributed by atoms with van der Waals surface area (Å²) in [5, 5.41) is 18.4. The van der Waals surface area contributed by atoms with Crippen LogP contribution in [0, 0.1) is 23.0 Å². The van der Waals surface area contributed by atoms with Gasteiger partial charge in [-0.2, -0.15) is 5.26 Å². The van der Waals surface area contributed by atoms with Gasteiger partial charge >= 0.3 is 0 Å². The van der Waals surface area contributed by atoms with Crippen LogP contribution in [-0.4, -0.2) is 16.7 Å². The van der Waals surface area contributed by atoms with Crippen molar-refractivity contribution in [2.75, 3.05) is 6.61 Å². The van der Waals surface area contributed by atoms with Crippen LogP contribution in [0.3, 0.4) is 0 Å². The van der Waals surface area contributed by atoms with Crippen LogP contribution in [0.2, 0.25) is 0 Å². The Labute approximate surface area is 114 Å². The van der Waals surface area contributed by atoms with Crippen LogP contribution in [0.15, 0.2) is 35.2 Å². The van der Waals surface area contributed by atoms with Gasteiger partial charge in [-0.25, -0.2) is 13.8 Å². The molecule has 6 heteroatoms. The molecule has 4 nitrogen and oxygen atoms in total. The molecule has 0 aliphatic heterocycles. The normalized spacial score (nSPS) is 13.7. The van der Waals surface area contributed by atoms with Crippen molar-refractivity contribution in [3.05, 3.63) is 53.7 Å². The van der Waals surface area contributed by atoms with E-state index in [1.807, 2.05) is 6.07 Å². The molecule has 0 fully saturated rings. The molecule has 1 heterocycles. The Balaban J connectivity index is 2.41. The Hall–Kier alpha value is -2.26. The van der Waals surface area contributed by atoms with Crippen LogP contribution >= 0.6 is 0 Å². The Kier molecular flexibility index (Phi) is 4.43. The second-order valence-electron chi connectivity index (χ2n) is 4.33. The highest BCUT2D eigenvalue weighted by Crippen LogP contribution is 2.35. The highest BCUT2D eigenvalue weighted by Gasteiger charge is 2.27. The molecule has 0 radical (unpaired) electrons. The molecule has 0 spiro atoms. The van der Waals surface area contributed by atoms with Gasteiger partial charge in [-0.05, 0) is 24.1 Å². The number of halogens is 2. The number of hydrogen-bond donors (Lipinski definition) is 1. The zero-order chi connectivity index (χ0) is 14.5. The zero-order valence-electron chi connectivity index (χ0n) is 10.5. The van der Waals surface area contributed by atoms with Gasteiger partial charge in [0.2, 0.25) is 0 Å². The third-order valence-electron chi connectivity index (χ3n) is 3.04. The van der Waals surface area contributed by atoms with Crippen molar-refractivity contribution in [2.45, 2.75) is 18.3 Å². The molecule has 2 aromatic rings. The predicted octanol–water partition coefficient (Wildman–Crippen LogP) is 2.73. The summed E-state index contributed by atoms with van der Waals surface area (Å²) in [6, 6.07) is 4.97. The molecule has 0 aliphatic rings. The van der Waals surface area contributed by atoms with Gasteiger partial charge in [0.05, 0.1) is 18.2 Å². The first-order valence-electron chi connectivity index (χ1n) is 6.00. The number of aliphatic hydroxyl groups is 1. The quantitative estimate of drug-likeness (QED) is 0.912. The van der Waals surface area contributed by atoms with Gasteiger partial charge in [-0.15, -0.1) is 0 Å².